The van der Waals surface area contributed by atoms with Crippen LogP contribution in [0.2, 0.25) is 5.02 Å². The Kier molecular flexibility index (Phi) is 3.27. The van der Waals surface area contributed by atoms with E-state index in [4.69, 9.17) is 11.6 Å². The summed E-state index contributed by atoms with van der Waals surface area (Å²) in [5.74, 6) is 0. The van der Waals surface area contributed by atoms with E-state index in [1.54, 1.807) is 0 Å². The molecule has 1 aromatic rings. The molecule has 2 aliphatic rings. The third-order valence-electron chi connectivity index (χ3n) is 5.05. The van der Waals surface area contributed by atoms with Crippen molar-refractivity contribution in [2.24, 2.45) is 5.41 Å². The molecule has 0 saturated heterocycles. The second-order valence-corrected chi connectivity index (χ2v) is 6.55. The molecule has 0 amide bonds. The summed E-state index contributed by atoms with van der Waals surface area (Å²) in [6.07, 6.45) is 9.87. The van der Waals surface area contributed by atoms with Crippen LogP contribution in [0.4, 0.5) is 5.69 Å². The van der Waals surface area contributed by atoms with Crippen LogP contribution in [-0.4, -0.2) is 6.04 Å². The lowest BCUT2D eigenvalue weighted by molar-refractivity contribution is 0.0571. The number of rotatable bonds is 2. The topological polar surface area (TPSA) is 12.0 Å². The van der Waals surface area contributed by atoms with E-state index in [0.29, 0.717) is 11.5 Å². The Morgan fingerprint density at radius 1 is 1.17 bits per heavy atom. The molecule has 98 valence electrons. The first-order chi connectivity index (χ1) is 8.70. The van der Waals surface area contributed by atoms with Crippen molar-refractivity contribution in [3.63, 3.8) is 0 Å². The molecule has 2 saturated carbocycles. The molecule has 1 spiro atoms. The van der Waals surface area contributed by atoms with Gasteiger partial charge in [0.15, 0.2) is 0 Å². The van der Waals surface area contributed by atoms with Crippen LogP contribution in [0.3, 0.4) is 0 Å². The molecule has 0 bridgehead atoms. The van der Waals surface area contributed by atoms with Crippen molar-refractivity contribution in [3.05, 3.63) is 28.8 Å². The quantitative estimate of drug-likeness (QED) is 0.776. The normalized spacial score (nSPS) is 25.8. The molecule has 1 aromatic carbocycles. The van der Waals surface area contributed by atoms with Gasteiger partial charge in [-0.3, -0.25) is 0 Å². The smallest absolute Gasteiger partial charge is 0.0426 e. The highest BCUT2D eigenvalue weighted by Crippen LogP contribution is 2.52. The standard InChI is InChI=1S/C16H22ClN/c1-12-5-6-13(17)11-14(12)18-15-7-10-16(15)8-3-2-4-9-16/h5-6,11,15,18H,2-4,7-10H2,1H3. The molecule has 0 aromatic heterocycles. The Balaban J connectivity index is 1.74. The summed E-state index contributed by atoms with van der Waals surface area (Å²) >= 11 is 6.10. The summed E-state index contributed by atoms with van der Waals surface area (Å²) in [6.45, 7) is 2.16. The number of nitrogens with one attached hydrogen (secondary N) is 1. The molecule has 1 nitrogen and oxygen atoms in total. The molecule has 0 aliphatic heterocycles. The minimum absolute atomic E-state index is 0.604. The van der Waals surface area contributed by atoms with Gasteiger partial charge in [-0.25, -0.2) is 0 Å². The SMILES string of the molecule is Cc1ccc(Cl)cc1NC1CCC12CCCCC2. The van der Waals surface area contributed by atoms with Crippen LogP contribution in [-0.2, 0) is 0 Å². The van der Waals surface area contributed by atoms with Crippen LogP contribution < -0.4 is 5.32 Å². The average Bonchev–Trinajstić information content (AvgIpc) is 2.39. The Labute approximate surface area is 115 Å². The zero-order valence-electron chi connectivity index (χ0n) is 11.1. The summed E-state index contributed by atoms with van der Waals surface area (Å²) in [5.41, 5.74) is 3.14. The van der Waals surface area contributed by atoms with Gasteiger partial charge in [-0.05, 0) is 55.7 Å². The number of halogens is 1. The first-order valence-corrected chi connectivity index (χ1v) is 7.60. The monoisotopic (exact) mass is 263 g/mol. The van der Waals surface area contributed by atoms with Gasteiger partial charge in [0, 0.05) is 16.8 Å². The Morgan fingerprint density at radius 2 is 1.94 bits per heavy atom. The van der Waals surface area contributed by atoms with E-state index in [0.717, 1.165) is 5.02 Å². The second-order valence-electron chi connectivity index (χ2n) is 6.12. The van der Waals surface area contributed by atoms with Crippen LogP contribution in [0.15, 0.2) is 18.2 Å². The predicted octanol–water partition coefficient (Wildman–Crippen LogP) is 5.17. The molecule has 1 N–H and O–H groups in total. The van der Waals surface area contributed by atoms with Crippen molar-refractivity contribution >= 4 is 17.3 Å². The molecule has 2 heteroatoms. The summed E-state index contributed by atoms with van der Waals surface area (Å²) in [7, 11) is 0. The molecule has 0 heterocycles. The van der Waals surface area contributed by atoms with Crippen LogP contribution in [0, 0.1) is 12.3 Å². The summed E-state index contributed by atoms with van der Waals surface area (Å²) in [5, 5.41) is 4.60. The molecule has 0 radical (unpaired) electrons. The lowest BCUT2D eigenvalue weighted by Gasteiger charge is -2.53. The molecular formula is C16H22ClN. The first-order valence-electron chi connectivity index (χ1n) is 7.22. The third-order valence-corrected chi connectivity index (χ3v) is 5.28. The molecular weight excluding hydrogens is 242 g/mol. The maximum Gasteiger partial charge on any atom is 0.0426 e. The van der Waals surface area contributed by atoms with Crippen molar-refractivity contribution in [2.45, 2.75) is 57.9 Å². The third kappa shape index (κ3) is 2.14. The van der Waals surface area contributed by atoms with Crippen molar-refractivity contribution in [2.75, 3.05) is 5.32 Å². The average molecular weight is 264 g/mol. The fourth-order valence-electron chi connectivity index (χ4n) is 3.71. The fourth-order valence-corrected chi connectivity index (χ4v) is 3.89. The van der Waals surface area contributed by atoms with E-state index in [2.05, 4.69) is 24.4 Å². The van der Waals surface area contributed by atoms with E-state index >= 15 is 0 Å². The van der Waals surface area contributed by atoms with Gasteiger partial charge in [-0.15, -0.1) is 0 Å². The maximum atomic E-state index is 6.10. The van der Waals surface area contributed by atoms with Gasteiger partial charge in [-0.1, -0.05) is 36.9 Å². The number of hydrogen-bond donors (Lipinski definition) is 1. The van der Waals surface area contributed by atoms with Crippen LogP contribution in [0.1, 0.15) is 50.5 Å². The molecule has 3 rings (SSSR count). The van der Waals surface area contributed by atoms with E-state index in [1.165, 1.54) is 56.2 Å². The molecule has 18 heavy (non-hydrogen) atoms. The van der Waals surface area contributed by atoms with Gasteiger partial charge >= 0.3 is 0 Å². The molecule has 1 atom stereocenters. The number of benzene rings is 1. The Hall–Kier alpha value is -0.690. The Bertz CT molecular complexity index is 435. The van der Waals surface area contributed by atoms with Crippen molar-refractivity contribution < 1.29 is 0 Å². The molecule has 1 unspecified atom stereocenters. The van der Waals surface area contributed by atoms with E-state index in [9.17, 15) is 0 Å². The lowest BCUT2D eigenvalue weighted by atomic mass is 9.57. The summed E-state index contributed by atoms with van der Waals surface area (Å²) in [4.78, 5) is 0. The van der Waals surface area contributed by atoms with E-state index in [-0.39, 0.29) is 0 Å². The Morgan fingerprint density at radius 3 is 2.61 bits per heavy atom. The highest BCUT2D eigenvalue weighted by Gasteiger charge is 2.46. The summed E-state index contributed by atoms with van der Waals surface area (Å²) < 4.78 is 0. The van der Waals surface area contributed by atoms with Gasteiger partial charge in [0.05, 0.1) is 0 Å². The highest BCUT2D eigenvalue weighted by molar-refractivity contribution is 6.30. The minimum Gasteiger partial charge on any atom is -0.381 e. The van der Waals surface area contributed by atoms with Gasteiger partial charge in [0.1, 0.15) is 0 Å². The number of anilines is 1. The minimum atomic E-state index is 0.604. The predicted molar refractivity (Wildman–Crippen MR) is 78.4 cm³/mol. The van der Waals surface area contributed by atoms with E-state index < -0.39 is 0 Å². The number of aryl methyl sites for hydroxylation is 1. The van der Waals surface area contributed by atoms with Crippen LogP contribution in [0.5, 0.6) is 0 Å². The first kappa shape index (κ1) is 12.3. The van der Waals surface area contributed by atoms with Gasteiger partial charge in [0.25, 0.3) is 0 Å². The van der Waals surface area contributed by atoms with E-state index in [1.807, 2.05) is 6.07 Å². The van der Waals surface area contributed by atoms with Crippen LogP contribution >= 0.6 is 11.6 Å². The zero-order chi connectivity index (χ0) is 12.6. The summed E-state index contributed by atoms with van der Waals surface area (Å²) in [6, 6.07) is 6.83. The van der Waals surface area contributed by atoms with Gasteiger partial charge in [0.2, 0.25) is 0 Å². The highest BCUT2D eigenvalue weighted by atomic mass is 35.5. The molecule has 2 aliphatic carbocycles. The number of hydrogen-bond acceptors (Lipinski definition) is 1. The molecule has 2 fully saturated rings. The van der Waals surface area contributed by atoms with Crippen molar-refractivity contribution in [3.8, 4) is 0 Å². The lowest BCUT2D eigenvalue weighted by Crippen LogP contribution is -2.50. The van der Waals surface area contributed by atoms with Gasteiger partial charge < -0.3 is 5.32 Å². The maximum absolute atomic E-state index is 6.10. The fraction of sp³-hybridized carbons (Fsp3) is 0.625. The van der Waals surface area contributed by atoms with Crippen molar-refractivity contribution in [1.29, 1.82) is 0 Å². The van der Waals surface area contributed by atoms with Gasteiger partial charge in [-0.2, -0.15) is 0 Å². The van der Waals surface area contributed by atoms with Crippen molar-refractivity contribution in [1.82, 2.24) is 0 Å². The second kappa shape index (κ2) is 4.77. The zero-order valence-corrected chi connectivity index (χ0v) is 11.9. The largest absolute Gasteiger partial charge is 0.381 e. The van der Waals surface area contributed by atoms with Crippen LogP contribution in [0.25, 0.3) is 0 Å².